The third-order valence-electron chi connectivity index (χ3n) is 4.09. The Kier molecular flexibility index (Phi) is 6.73. The van der Waals surface area contributed by atoms with Gasteiger partial charge in [0.15, 0.2) is 0 Å². The third-order valence-corrected chi connectivity index (χ3v) is 4.09. The van der Waals surface area contributed by atoms with Crippen molar-refractivity contribution in [1.82, 2.24) is 9.97 Å². The van der Waals surface area contributed by atoms with Gasteiger partial charge in [0.25, 0.3) is 5.95 Å². The second-order valence-corrected chi connectivity index (χ2v) is 6.09. The van der Waals surface area contributed by atoms with Crippen molar-refractivity contribution in [2.45, 2.75) is 6.92 Å². The van der Waals surface area contributed by atoms with Gasteiger partial charge in [0.1, 0.15) is 11.5 Å². The predicted molar refractivity (Wildman–Crippen MR) is 119 cm³/mol. The van der Waals surface area contributed by atoms with Gasteiger partial charge in [0.05, 0.1) is 17.5 Å². The lowest BCUT2D eigenvalue weighted by Crippen LogP contribution is -1.92. The lowest BCUT2D eigenvalue weighted by Gasteiger charge is -2.06. The summed E-state index contributed by atoms with van der Waals surface area (Å²) in [5.41, 5.74) is 8.06. The van der Waals surface area contributed by atoms with Crippen LogP contribution in [0.2, 0.25) is 0 Å². The number of nitrogens with two attached hydrogens (primary N) is 1. The summed E-state index contributed by atoms with van der Waals surface area (Å²) in [5.74, 6) is 2.11. The van der Waals surface area contributed by atoms with Gasteiger partial charge in [-0.1, -0.05) is 36.4 Å². The van der Waals surface area contributed by atoms with Gasteiger partial charge in [0, 0.05) is 18.1 Å². The van der Waals surface area contributed by atoms with Crippen molar-refractivity contribution in [3.63, 3.8) is 0 Å². The lowest BCUT2D eigenvalue weighted by atomic mass is 10.2. The Hall–Kier alpha value is -3.93. The van der Waals surface area contributed by atoms with Crippen molar-refractivity contribution < 1.29 is 4.74 Å². The second kappa shape index (κ2) is 9.85. The topological polar surface area (TPSA) is 85.4 Å². The number of aromatic nitrogens is 2. The van der Waals surface area contributed by atoms with Crippen LogP contribution in [0.5, 0.6) is 11.5 Å². The first-order chi connectivity index (χ1) is 14.2. The lowest BCUT2D eigenvalue weighted by molar-refractivity contribution is 0.483. The Bertz CT molecular complexity index is 1080. The summed E-state index contributed by atoms with van der Waals surface area (Å²) in [6, 6.07) is 25.4. The molecule has 3 N–H and O–H groups in total. The molecule has 6 nitrogen and oxygen atoms in total. The molecule has 0 aliphatic carbocycles. The molecule has 29 heavy (non-hydrogen) atoms. The van der Waals surface area contributed by atoms with E-state index in [1.807, 2.05) is 92.8 Å². The Balaban J connectivity index is 0.000000166. The smallest absolute Gasteiger partial charge is 0.251 e. The van der Waals surface area contributed by atoms with Gasteiger partial charge >= 0.3 is 0 Å². The van der Waals surface area contributed by atoms with Crippen LogP contribution in [0.4, 0.5) is 11.6 Å². The Morgan fingerprint density at radius 1 is 0.862 bits per heavy atom. The van der Waals surface area contributed by atoms with E-state index < -0.39 is 0 Å². The molecule has 0 radical (unpaired) electrons. The maximum Gasteiger partial charge on any atom is 0.251 e. The number of rotatable bonds is 4. The molecular formula is C23H23N5O. The average molecular weight is 385 g/mol. The molecule has 146 valence electrons. The summed E-state index contributed by atoms with van der Waals surface area (Å²) in [5, 5.41) is 4.11. The van der Waals surface area contributed by atoms with E-state index in [0.29, 0.717) is 5.95 Å². The fourth-order valence-corrected chi connectivity index (χ4v) is 2.66. The Morgan fingerprint density at radius 2 is 1.52 bits per heavy atom. The third kappa shape index (κ3) is 5.52. The van der Waals surface area contributed by atoms with E-state index in [9.17, 15) is 0 Å². The number of nitrogens with zero attached hydrogens (tertiary/aromatic N) is 3. The molecule has 0 aliphatic heterocycles. The van der Waals surface area contributed by atoms with Crippen LogP contribution < -0.4 is 15.8 Å². The van der Waals surface area contributed by atoms with E-state index in [1.54, 1.807) is 0 Å². The fourth-order valence-electron chi connectivity index (χ4n) is 2.66. The summed E-state index contributed by atoms with van der Waals surface area (Å²) in [4.78, 5) is 12.3. The first-order valence-corrected chi connectivity index (χ1v) is 9.18. The first kappa shape index (κ1) is 19.8. The number of nitrogens with one attached hydrogen (secondary N) is 1. The zero-order chi connectivity index (χ0) is 20.5. The molecule has 4 rings (SSSR count). The van der Waals surface area contributed by atoms with Gasteiger partial charge in [-0.15, -0.1) is 0 Å². The zero-order valence-corrected chi connectivity index (χ0v) is 16.4. The Morgan fingerprint density at radius 3 is 2.21 bits per heavy atom. The van der Waals surface area contributed by atoms with E-state index in [4.69, 9.17) is 10.5 Å². The average Bonchev–Trinajstić information content (AvgIpc) is 2.76. The summed E-state index contributed by atoms with van der Waals surface area (Å²) in [7, 11) is 1.90. The molecule has 0 fully saturated rings. The van der Waals surface area contributed by atoms with Crippen molar-refractivity contribution in [3.8, 4) is 11.5 Å². The highest BCUT2D eigenvalue weighted by atomic mass is 16.5. The summed E-state index contributed by atoms with van der Waals surface area (Å²) < 4.78 is 5.65. The summed E-state index contributed by atoms with van der Waals surface area (Å²) in [6.07, 6.45) is 1.20. The largest absolute Gasteiger partial charge is 0.457 e. The minimum Gasteiger partial charge on any atom is -0.457 e. The maximum absolute atomic E-state index is 5.65. The second-order valence-electron chi connectivity index (χ2n) is 6.09. The van der Waals surface area contributed by atoms with Gasteiger partial charge < -0.3 is 15.8 Å². The molecule has 1 aromatic heterocycles. The minimum atomic E-state index is 0.406. The summed E-state index contributed by atoms with van der Waals surface area (Å²) >= 11 is 0. The van der Waals surface area contributed by atoms with Crippen LogP contribution in [0.1, 0.15) is 5.69 Å². The van der Waals surface area contributed by atoms with Gasteiger partial charge in [-0.05, 0) is 49.4 Å². The molecule has 0 spiro atoms. The monoisotopic (exact) mass is 385 g/mol. The van der Waals surface area contributed by atoms with Crippen molar-refractivity contribution in [1.29, 1.82) is 0 Å². The number of aryl methyl sites for hydroxylation is 1. The molecule has 0 amide bonds. The zero-order valence-electron chi connectivity index (χ0n) is 16.4. The standard InChI is InChI=1S/C13H13NO.C10H10N4/c1-14-11-7-9-13(10-8-11)15-12-5-3-2-4-6-12;1-7-8-4-2-3-5-9(8)14-10(13-7)12-6-11/h2-10,14H,1H3;2-6H,1H3,(H2,11,12,13,14). The highest BCUT2D eigenvalue weighted by Crippen LogP contribution is 2.22. The van der Waals surface area contributed by atoms with Gasteiger partial charge in [-0.3, -0.25) is 0 Å². The number of para-hydroxylation sites is 2. The highest BCUT2D eigenvalue weighted by molar-refractivity contribution is 5.81. The predicted octanol–water partition coefficient (Wildman–Crippen LogP) is 5.08. The van der Waals surface area contributed by atoms with Crippen LogP contribution in [0.25, 0.3) is 10.9 Å². The van der Waals surface area contributed by atoms with Crippen LogP contribution in [0, 0.1) is 6.92 Å². The number of fused-ring (bicyclic) bond motifs is 1. The highest BCUT2D eigenvalue weighted by Gasteiger charge is 2.01. The number of hydrogen-bond acceptors (Lipinski definition) is 5. The van der Waals surface area contributed by atoms with Gasteiger partial charge in [-0.25, -0.2) is 15.0 Å². The van der Waals surface area contributed by atoms with E-state index >= 15 is 0 Å². The molecule has 4 aromatic rings. The van der Waals surface area contributed by atoms with E-state index in [-0.39, 0.29) is 0 Å². The molecule has 0 atom stereocenters. The van der Waals surface area contributed by atoms with Crippen molar-refractivity contribution in [3.05, 3.63) is 84.6 Å². The van der Waals surface area contributed by atoms with E-state index in [2.05, 4.69) is 20.3 Å². The Labute approximate surface area is 170 Å². The molecular weight excluding hydrogens is 362 g/mol. The van der Waals surface area contributed by atoms with Crippen LogP contribution in [-0.4, -0.2) is 23.4 Å². The van der Waals surface area contributed by atoms with Crippen LogP contribution in [-0.2, 0) is 0 Å². The normalized spacial score (nSPS) is 10.4. The number of ether oxygens (including phenoxy) is 1. The molecule has 0 bridgehead atoms. The number of benzene rings is 3. The molecule has 0 aliphatic rings. The van der Waals surface area contributed by atoms with Crippen LogP contribution in [0.15, 0.2) is 83.9 Å². The van der Waals surface area contributed by atoms with Crippen molar-refractivity contribution in [2.75, 3.05) is 12.4 Å². The maximum atomic E-state index is 5.65. The quantitative estimate of drug-likeness (QED) is 0.378. The van der Waals surface area contributed by atoms with E-state index in [0.717, 1.165) is 33.8 Å². The SMILES string of the molecule is CNc1ccc(Oc2ccccc2)cc1.Cc1nc(/N=C\N)nc2ccccc12. The van der Waals surface area contributed by atoms with Gasteiger partial charge in [-0.2, -0.15) is 0 Å². The number of aliphatic imine (C=N–C) groups is 1. The molecule has 0 saturated carbocycles. The first-order valence-electron chi connectivity index (χ1n) is 9.18. The molecule has 0 saturated heterocycles. The fraction of sp³-hybridized carbons (Fsp3) is 0.0870. The van der Waals surface area contributed by atoms with Crippen molar-refractivity contribution in [2.24, 2.45) is 10.7 Å². The molecule has 6 heteroatoms. The van der Waals surface area contributed by atoms with E-state index in [1.165, 1.54) is 6.34 Å². The van der Waals surface area contributed by atoms with Gasteiger partial charge in [0.2, 0.25) is 0 Å². The number of anilines is 1. The molecule has 3 aromatic carbocycles. The van der Waals surface area contributed by atoms with Crippen LogP contribution in [0.3, 0.4) is 0 Å². The van der Waals surface area contributed by atoms with Crippen LogP contribution >= 0.6 is 0 Å². The van der Waals surface area contributed by atoms with Crippen molar-refractivity contribution >= 4 is 28.9 Å². The minimum absolute atomic E-state index is 0.406. The molecule has 0 unspecified atom stereocenters. The number of hydrogen-bond donors (Lipinski definition) is 2. The summed E-state index contributed by atoms with van der Waals surface area (Å²) in [6.45, 7) is 1.93. The molecule has 1 heterocycles.